The van der Waals surface area contributed by atoms with Gasteiger partial charge in [0.15, 0.2) is 0 Å². The number of hydrogen-bond acceptors (Lipinski definition) is 1. The molecule has 0 heterocycles. The molecule has 0 spiro atoms. The second kappa shape index (κ2) is 5.17. The largest absolute Gasteiger partial charge is 0.322 e. The minimum atomic E-state index is -0.337. The molecule has 0 aliphatic heterocycles. The monoisotopic (exact) mass is 245 g/mol. The minimum absolute atomic E-state index is 0.195. The van der Waals surface area contributed by atoms with Gasteiger partial charge in [-0.2, -0.15) is 0 Å². The topological polar surface area (TPSA) is 29.1 Å². The van der Waals surface area contributed by atoms with E-state index in [1.165, 1.54) is 29.8 Å². The lowest BCUT2D eigenvalue weighted by molar-refractivity contribution is 0.0966. The molecule has 0 saturated heterocycles. The second-order valence-electron chi connectivity index (χ2n) is 4.54. The van der Waals surface area contributed by atoms with Gasteiger partial charge in [0.2, 0.25) is 0 Å². The number of benzene rings is 1. The van der Waals surface area contributed by atoms with Gasteiger partial charge in [-0.05, 0) is 62.1 Å². The van der Waals surface area contributed by atoms with Crippen LogP contribution in [-0.4, -0.2) is 5.91 Å². The Morgan fingerprint density at radius 3 is 2.50 bits per heavy atom. The second-order valence-corrected chi connectivity index (χ2v) is 4.54. The van der Waals surface area contributed by atoms with Crippen LogP contribution in [0, 0.1) is 5.82 Å². The molecule has 0 bridgehead atoms. The maximum atomic E-state index is 12.8. The van der Waals surface area contributed by atoms with Gasteiger partial charge in [0.05, 0.1) is 0 Å². The van der Waals surface area contributed by atoms with Crippen molar-refractivity contribution in [1.29, 1.82) is 0 Å². The number of amides is 1. The molecule has 0 aromatic heterocycles. The number of rotatable bonds is 2. The van der Waals surface area contributed by atoms with E-state index in [2.05, 4.69) is 11.4 Å². The van der Waals surface area contributed by atoms with Gasteiger partial charge in [-0.25, -0.2) is 4.39 Å². The van der Waals surface area contributed by atoms with Crippen molar-refractivity contribution in [3.8, 4) is 0 Å². The molecule has 0 atom stereocenters. The van der Waals surface area contributed by atoms with Crippen LogP contribution in [0.5, 0.6) is 0 Å². The van der Waals surface area contributed by atoms with E-state index >= 15 is 0 Å². The van der Waals surface area contributed by atoms with E-state index in [9.17, 15) is 9.18 Å². The van der Waals surface area contributed by atoms with Gasteiger partial charge >= 0.3 is 0 Å². The Kier molecular flexibility index (Phi) is 3.60. The van der Waals surface area contributed by atoms with Gasteiger partial charge < -0.3 is 5.32 Å². The van der Waals surface area contributed by atoms with Crippen LogP contribution >= 0.6 is 0 Å². The smallest absolute Gasteiger partial charge is 0.255 e. The van der Waals surface area contributed by atoms with Gasteiger partial charge in [0.25, 0.3) is 5.91 Å². The molecule has 3 heteroatoms. The molecule has 1 aliphatic carbocycles. The summed E-state index contributed by atoms with van der Waals surface area (Å²) in [6.45, 7) is 4.01. The van der Waals surface area contributed by atoms with Crippen molar-refractivity contribution >= 4 is 5.91 Å². The van der Waals surface area contributed by atoms with E-state index in [4.69, 9.17) is 0 Å². The van der Waals surface area contributed by atoms with Crippen molar-refractivity contribution in [2.75, 3.05) is 0 Å². The quantitative estimate of drug-likeness (QED) is 0.848. The zero-order chi connectivity index (χ0) is 13.1. The van der Waals surface area contributed by atoms with Gasteiger partial charge in [0, 0.05) is 11.3 Å². The summed E-state index contributed by atoms with van der Waals surface area (Å²) < 4.78 is 12.8. The summed E-state index contributed by atoms with van der Waals surface area (Å²) in [6.07, 6.45) is 4.11. The number of hydrogen-bond donors (Lipinski definition) is 1. The van der Waals surface area contributed by atoms with Gasteiger partial charge in [-0.15, -0.1) is 0 Å². The molecule has 1 aliphatic rings. The van der Waals surface area contributed by atoms with Crippen LogP contribution in [0.25, 0.3) is 0 Å². The Hall–Kier alpha value is -1.90. The predicted octanol–water partition coefficient (Wildman–Crippen LogP) is 3.57. The summed E-state index contributed by atoms with van der Waals surface area (Å²) in [4.78, 5) is 12.0. The fourth-order valence-corrected chi connectivity index (χ4v) is 2.06. The number of allylic oxidation sites excluding steroid dienone is 3. The Bertz CT molecular complexity index is 526. The summed E-state index contributed by atoms with van der Waals surface area (Å²) in [5, 5.41) is 2.90. The van der Waals surface area contributed by atoms with Crippen LogP contribution in [0.2, 0.25) is 0 Å². The Labute approximate surface area is 106 Å². The minimum Gasteiger partial charge on any atom is -0.322 e. The normalized spacial score (nSPS) is 15.4. The molecular weight excluding hydrogens is 229 g/mol. The molecule has 94 valence electrons. The molecule has 0 saturated carbocycles. The third kappa shape index (κ3) is 2.67. The molecule has 1 aromatic carbocycles. The van der Waals surface area contributed by atoms with Gasteiger partial charge in [-0.3, -0.25) is 4.79 Å². The number of carbonyl (C=O) groups is 1. The fraction of sp³-hybridized carbons (Fsp3) is 0.267. The van der Waals surface area contributed by atoms with Crippen LogP contribution in [0.15, 0.2) is 47.2 Å². The van der Waals surface area contributed by atoms with E-state index in [1.54, 1.807) is 0 Å². The fourth-order valence-electron chi connectivity index (χ4n) is 2.06. The number of halogens is 1. The predicted molar refractivity (Wildman–Crippen MR) is 69.6 cm³/mol. The van der Waals surface area contributed by atoms with E-state index in [0.717, 1.165) is 24.1 Å². The van der Waals surface area contributed by atoms with Crippen molar-refractivity contribution < 1.29 is 9.18 Å². The first-order chi connectivity index (χ1) is 8.58. The lowest BCUT2D eigenvalue weighted by Crippen LogP contribution is -2.25. The average molecular weight is 245 g/mol. The zero-order valence-electron chi connectivity index (χ0n) is 10.6. The summed E-state index contributed by atoms with van der Waals surface area (Å²) >= 11 is 0. The first kappa shape index (κ1) is 12.6. The molecular formula is C15H16FNO. The Balaban J connectivity index is 2.17. The highest BCUT2D eigenvalue weighted by Crippen LogP contribution is 2.22. The molecule has 2 rings (SSSR count). The van der Waals surface area contributed by atoms with Gasteiger partial charge in [-0.1, -0.05) is 6.08 Å². The molecule has 0 radical (unpaired) electrons. The zero-order valence-corrected chi connectivity index (χ0v) is 10.6. The average Bonchev–Trinajstić information content (AvgIpc) is 2.34. The lowest BCUT2D eigenvalue weighted by Gasteiger charge is -2.18. The van der Waals surface area contributed by atoms with Crippen LogP contribution in [0.4, 0.5) is 4.39 Å². The van der Waals surface area contributed by atoms with Crippen LogP contribution in [0.1, 0.15) is 37.0 Å². The molecule has 2 nitrogen and oxygen atoms in total. The Morgan fingerprint density at radius 1 is 1.22 bits per heavy atom. The standard InChI is InChI=1S/C15H16FNO/c1-10-4-3-5-11(2)14(10)17-15(18)12-6-8-13(16)9-7-12/h4,6-9H,3,5H2,1-2H3,(H,17,18). The highest BCUT2D eigenvalue weighted by atomic mass is 19.1. The van der Waals surface area contributed by atoms with Crippen LogP contribution < -0.4 is 5.32 Å². The first-order valence-corrected chi connectivity index (χ1v) is 6.01. The molecule has 18 heavy (non-hydrogen) atoms. The van der Waals surface area contributed by atoms with E-state index in [-0.39, 0.29) is 11.7 Å². The van der Waals surface area contributed by atoms with Crippen molar-refractivity contribution in [2.45, 2.75) is 26.7 Å². The van der Waals surface area contributed by atoms with Crippen molar-refractivity contribution in [3.05, 3.63) is 58.6 Å². The summed E-state index contributed by atoms with van der Waals surface area (Å²) in [5.41, 5.74) is 3.64. The molecule has 1 N–H and O–H groups in total. The lowest BCUT2D eigenvalue weighted by atomic mass is 9.97. The van der Waals surface area contributed by atoms with Gasteiger partial charge in [0.1, 0.15) is 5.82 Å². The third-order valence-corrected chi connectivity index (χ3v) is 3.14. The Morgan fingerprint density at radius 2 is 1.89 bits per heavy atom. The van der Waals surface area contributed by atoms with E-state index in [1.807, 2.05) is 13.8 Å². The van der Waals surface area contributed by atoms with E-state index in [0.29, 0.717) is 5.56 Å². The van der Waals surface area contributed by atoms with Crippen LogP contribution in [0.3, 0.4) is 0 Å². The SMILES string of the molecule is CC1=CCCC(C)=C1NC(=O)c1ccc(F)cc1. The van der Waals surface area contributed by atoms with Crippen molar-refractivity contribution in [2.24, 2.45) is 0 Å². The van der Waals surface area contributed by atoms with E-state index < -0.39 is 0 Å². The van der Waals surface area contributed by atoms with Crippen molar-refractivity contribution in [3.63, 3.8) is 0 Å². The summed E-state index contributed by atoms with van der Waals surface area (Å²) in [6, 6.07) is 5.56. The molecule has 0 fully saturated rings. The highest BCUT2D eigenvalue weighted by Gasteiger charge is 2.14. The summed E-state index contributed by atoms with van der Waals surface area (Å²) in [7, 11) is 0. The number of carbonyl (C=O) groups excluding carboxylic acids is 1. The molecule has 1 aromatic rings. The maximum absolute atomic E-state index is 12.8. The summed E-state index contributed by atoms with van der Waals surface area (Å²) in [5.74, 6) is -0.533. The number of nitrogens with one attached hydrogen (secondary N) is 1. The van der Waals surface area contributed by atoms with Crippen molar-refractivity contribution in [1.82, 2.24) is 5.32 Å². The maximum Gasteiger partial charge on any atom is 0.255 e. The highest BCUT2D eigenvalue weighted by molar-refractivity contribution is 5.95. The first-order valence-electron chi connectivity index (χ1n) is 6.01. The third-order valence-electron chi connectivity index (χ3n) is 3.14. The molecule has 1 amide bonds. The molecule has 0 unspecified atom stereocenters. The van der Waals surface area contributed by atoms with Crippen LogP contribution in [-0.2, 0) is 0 Å².